The largest absolute Gasteiger partial charge is 0.497 e. The van der Waals surface area contributed by atoms with E-state index in [-0.39, 0.29) is 11.7 Å². The molecule has 9 heteroatoms. The van der Waals surface area contributed by atoms with Crippen LogP contribution in [-0.2, 0) is 18.4 Å². The summed E-state index contributed by atoms with van der Waals surface area (Å²) in [5.41, 5.74) is 5.55. The fourth-order valence-corrected chi connectivity index (χ4v) is 4.64. The highest BCUT2D eigenvalue weighted by Gasteiger charge is 2.21. The van der Waals surface area contributed by atoms with Gasteiger partial charge in [0.05, 0.1) is 18.4 Å². The van der Waals surface area contributed by atoms with Crippen molar-refractivity contribution in [2.45, 2.75) is 32.5 Å². The van der Waals surface area contributed by atoms with Crippen LogP contribution in [0.2, 0.25) is 0 Å². The van der Waals surface area contributed by atoms with Crippen LogP contribution in [0.4, 0.5) is 5.69 Å². The first-order valence-corrected chi connectivity index (χ1v) is 12.0. The summed E-state index contributed by atoms with van der Waals surface area (Å²) in [5.74, 6) is 1.64. The van der Waals surface area contributed by atoms with Gasteiger partial charge in [0.2, 0.25) is 5.91 Å². The Bertz CT molecular complexity index is 1310. The molecule has 0 saturated carbocycles. The Balaban J connectivity index is 1.57. The van der Waals surface area contributed by atoms with Crippen LogP contribution in [0.25, 0.3) is 22.6 Å². The van der Waals surface area contributed by atoms with Crippen molar-refractivity contribution in [2.24, 2.45) is 7.05 Å². The molecule has 0 unspecified atom stereocenters. The van der Waals surface area contributed by atoms with Crippen molar-refractivity contribution in [2.75, 3.05) is 18.2 Å². The minimum absolute atomic E-state index is 0.0759. The van der Waals surface area contributed by atoms with Crippen LogP contribution < -0.4 is 10.1 Å². The molecule has 1 amide bonds. The maximum absolute atomic E-state index is 12.7. The fraction of sp³-hybridized carbons (Fsp3) is 0.280. The Labute approximate surface area is 203 Å². The zero-order chi connectivity index (χ0) is 24.2. The second kappa shape index (κ2) is 10.1. The number of anilines is 1. The monoisotopic (exact) mass is 476 g/mol. The number of hydrogen-bond acceptors (Lipinski definition) is 6. The Hall–Kier alpha value is -3.59. The summed E-state index contributed by atoms with van der Waals surface area (Å²) in [6.45, 7) is 6.68. The van der Waals surface area contributed by atoms with Crippen molar-refractivity contribution in [3.8, 4) is 28.4 Å². The number of hydrogen-bond donors (Lipinski definition) is 1. The van der Waals surface area contributed by atoms with Gasteiger partial charge in [-0.3, -0.25) is 9.48 Å². The third-order valence-electron chi connectivity index (χ3n) is 5.52. The molecule has 4 aromatic rings. The molecule has 0 saturated heterocycles. The maximum Gasteiger partial charge on any atom is 0.234 e. The molecule has 0 aliphatic carbocycles. The van der Waals surface area contributed by atoms with Crippen LogP contribution in [0, 0.1) is 13.8 Å². The molecule has 0 radical (unpaired) electrons. The van der Waals surface area contributed by atoms with Crippen molar-refractivity contribution >= 4 is 23.4 Å². The number of nitrogens with zero attached hydrogens (tertiary/aromatic N) is 5. The lowest BCUT2D eigenvalue weighted by Gasteiger charge is -2.11. The average Bonchev–Trinajstić information content (AvgIpc) is 3.42. The van der Waals surface area contributed by atoms with E-state index < -0.39 is 0 Å². The number of nitrogens with one attached hydrogen (secondary N) is 1. The molecular formula is C25H28N6O2S. The van der Waals surface area contributed by atoms with Crippen LogP contribution >= 0.6 is 11.8 Å². The second-order valence-electron chi connectivity index (χ2n) is 7.95. The maximum atomic E-state index is 12.7. The number of aryl methyl sites for hydroxylation is 3. The van der Waals surface area contributed by atoms with Gasteiger partial charge in [-0.15, -0.1) is 10.2 Å². The average molecular weight is 477 g/mol. The van der Waals surface area contributed by atoms with E-state index in [1.165, 1.54) is 11.8 Å². The molecule has 0 atom stereocenters. The molecule has 0 spiro atoms. The number of para-hydroxylation sites is 1. The first-order chi connectivity index (χ1) is 16.4. The van der Waals surface area contributed by atoms with E-state index >= 15 is 0 Å². The van der Waals surface area contributed by atoms with Crippen LogP contribution in [-0.4, -0.2) is 43.3 Å². The Morgan fingerprint density at radius 3 is 2.56 bits per heavy atom. The molecule has 1 N–H and O–H groups in total. The van der Waals surface area contributed by atoms with E-state index in [9.17, 15) is 4.79 Å². The lowest BCUT2D eigenvalue weighted by Crippen LogP contribution is -2.16. The van der Waals surface area contributed by atoms with E-state index in [4.69, 9.17) is 4.74 Å². The number of methoxy groups -OCH3 is 1. The number of rotatable bonds is 8. The molecular weight excluding hydrogens is 448 g/mol. The molecule has 2 aromatic carbocycles. The van der Waals surface area contributed by atoms with Crippen LogP contribution in [0.5, 0.6) is 5.75 Å². The SMILES string of the molecule is CCn1c(SCC(=O)Nc2c(C)cccc2C)nnc1-c1cn(C)nc1-c1cccc(OC)c1. The Kier molecular flexibility index (Phi) is 7.02. The predicted octanol–water partition coefficient (Wildman–Crippen LogP) is 4.72. The number of aromatic nitrogens is 5. The zero-order valence-electron chi connectivity index (χ0n) is 20.0. The lowest BCUT2D eigenvalue weighted by atomic mass is 10.1. The van der Waals surface area contributed by atoms with Gasteiger partial charge in [-0.1, -0.05) is 42.1 Å². The summed E-state index contributed by atoms with van der Waals surface area (Å²) in [5, 5.41) is 17.2. The Morgan fingerprint density at radius 1 is 1.12 bits per heavy atom. The summed E-state index contributed by atoms with van der Waals surface area (Å²) >= 11 is 1.37. The van der Waals surface area contributed by atoms with Crippen molar-refractivity contribution in [1.82, 2.24) is 24.5 Å². The number of benzene rings is 2. The smallest absolute Gasteiger partial charge is 0.234 e. The second-order valence-corrected chi connectivity index (χ2v) is 8.89. The summed E-state index contributed by atoms with van der Waals surface area (Å²) in [6.07, 6.45) is 1.94. The van der Waals surface area contributed by atoms with Gasteiger partial charge < -0.3 is 14.6 Å². The van der Waals surface area contributed by atoms with Crippen LogP contribution in [0.3, 0.4) is 0 Å². The molecule has 2 heterocycles. The first-order valence-electron chi connectivity index (χ1n) is 11.0. The number of amides is 1. The Morgan fingerprint density at radius 2 is 1.85 bits per heavy atom. The van der Waals surface area contributed by atoms with Gasteiger partial charge in [-0.2, -0.15) is 5.10 Å². The third-order valence-corrected chi connectivity index (χ3v) is 6.49. The molecule has 8 nitrogen and oxygen atoms in total. The molecule has 0 bridgehead atoms. The fourth-order valence-electron chi connectivity index (χ4n) is 3.83. The topological polar surface area (TPSA) is 86.9 Å². The highest BCUT2D eigenvalue weighted by molar-refractivity contribution is 7.99. The number of carbonyl (C=O) groups is 1. The summed E-state index contributed by atoms with van der Waals surface area (Å²) in [6, 6.07) is 13.7. The van der Waals surface area contributed by atoms with Gasteiger partial charge in [-0.05, 0) is 44.0 Å². The van der Waals surface area contributed by atoms with Crippen molar-refractivity contribution in [1.29, 1.82) is 0 Å². The molecule has 2 aromatic heterocycles. The van der Waals surface area contributed by atoms with E-state index in [2.05, 4.69) is 20.6 Å². The number of thioether (sulfide) groups is 1. The van der Waals surface area contributed by atoms with E-state index in [1.807, 2.05) is 81.0 Å². The van der Waals surface area contributed by atoms with Crippen molar-refractivity contribution < 1.29 is 9.53 Å². The van der Waals surface area contributed by atoms with Crippen LogP contribution in [0.1, 0.15) is 18.1 Å². The van der Waals surface area contributed by atoms with Gasteiger partial charge in [0.1, 0.15) is 11.4 Å². The van der Waals surface area contributed by atoms with Gasteiger partial charge in [0.25, 0.3) is 0 Å². The summed E-state index contributed by atoms with van der Waals surface area (Å²) in [4.78, 5) is 12.7. The summed E-state index contributed by atoms with van der Waals surface area (Å²) < 4.78 is 9.16. The highest BCUT2D eigenvalue weighted by Crippen LogP contribution is 2.33. The first kappa shape index (κ1) is 23.6. The molecule has 34 heavy (non-hydrogen) atoms. The summed E-state index contributed by atoms with van der Waals surface area (Å²) in [7, 11) is 3.53. The van der Waals surface area contributed by atoms with Crippen LogP contribution in [0.15, 0.2) is 53.8 Å². The quantitative estimate of drug-likeness (QED) is 0.370. The standard InChI is InChI=1S/C25H28N6O2S/c1-6-31-24(20-14-30(4)29-23(20)18-11-8-12-19(13-18)33-5)27-28-25(31)34-15-21(32)26-22-16(2)9-7-10-17(22)3/h7-14H,6,15H2,1-5H3,(H,26,32). The number of ether oxygens (including phenoxy) is 1. The van der Waals surface area contributed by atoms with Gasteiger partial charge in [0.15, 0.2) is 11.0 Å². The zero-order valence-corrected chi connectivity index (χ0v) is 20.8. The van der Waals surface area contributed by atoms with Gasteiger partial charge in [-0.25, -0.2) is 0 Å². The molecule has 0 aliphatic rings. The molecule has 0 fully saturated rings. The van der Waals surface area contributed by atoms with E-state index in [0.29, 0.717) is 17.5 Å². The normalized spacial score (nSPS) is 11.0. The van der Waals surface area contributed by atoms with E-state index in [0.717, 1.165) is 39.4 Å². The number of carbonyl (C=O) groups excluding carboxylic acids is 1. The third kappa shape index (κ3) is 4.84. The molecule has 4 rings (SSSR count). The van der Waals surface area contributed by atoms with Crippen molar-refractivity contribution in [3.63, 3.8) is 0 Å². The van der Waals surface area contributed by atoms with Gasteiger partial charge >= 0.3 is 0 Å². The minimum Gasteiger partial charge on any atom is -0.497 e. The predicted molar refractivity (Wildman–Crippen MR) is 135 cm³/mol. The van der Waals surface area contributed by atoms with Crippen molar-refractivity contribution in [3.05, 3.63) is 59.8 Å². The van der Waals surface area contributed by atoms with E-state index in [1.54, 1.807) is 11.8 Å². The highest BCUT2D eigenvalue weighted by atomic mass is 32.2. The molecule has 176 valence electrons. The lowest BCUT2D eigenvalue weighted by molar-refractivity contribution is -0.113. The minimum atomic E-state index is -0.0759. The molecule has 0 aliphatic heterocycles. The van der Waals surface area contributed by atoms with Gasteiger partial charge in [0, 0.05) is 31.0 Å².